The van der Waals surface area contributed by atoms with E-state index in [2.05, 4.69) is 15.4 Å². The van der Waals surface area contributed by atoms with Crippen molar-refractivity contribution >= 4 is 17.8 Å². The Kier molecular flexibility index (Phi) is 4.97. The molecule has 0 bridgehead atoms. The number of aryl methyl sites for hydroxylation is 1. The average Bonchev–Trinajstić information content (AvgIpc) is 3.12. The van der Waals surface area contributed by atoms with E-state index in [1.807, 2.05) is 13.0 Å². The molecule has 0 radical (unpaired) electrons. The van der Waals surface area contributed by atoms with Crippen LogP contribution in [0.15, 0.2) is 41.5 Å². The van der Waals surface area contributed by atoms with E-state index in [0.717, 1.165) is 31.5 Å². The van der Waals surface area contributed by atoms with Crippen molar-refractivity contribution in [2.24, 2.45) is 5.10 Å². The van der Waals surface area contributed by atoms with Gasteiger partial charge in [-0.2, -0.15) is 5.10 Å². The van der Waals surface area contributed by atoms with Crippen LogP contribution in [0.5, 0.6) is 5.75 Å². The number of hydrazone groups is 1. The normalized spacial score (nSPS) is 14.2. The third-order valence-electron chi connectivity index (χ3n) is 4.28. The first kappa shape index (κ1) is 17.0. The number of hydrogen-bond donors (Lipinski definition) is 2. The highest BCUT2D eigenvalue weighted by atomic mass is 19.1. The number of carbonyl (C=O) groups is 1. The number of amides is 1. The highest BCUT2D eigenvalue weighted by Gasteiger charge is 2.17. The molecule has 0 saturated carbocycles. The predicted molar refractivity (Wildman–Crippen MR) is 95.8 cm³/mol. The fourth-order valence-corrected chi connectivity index (χ4v) is 2.86. The van der Waals surface area contributed by atoms with Gasteiger partial charge in [-0.15, -0.1) is 0 Å². The number of rotatable bonds is 4. The first-order chi connectivity index (χ1) is 12.0. The molecule has 0 unspecified atom stereocenters. The van der Waals surface area contributed by atoms with Gasteiger partial charge in [0.15, 0.2) is 0 Å². The van der Waals surface area contributed by atoms with Crippen molar-refractivity contribution in [1.29, 1.82) is 0 Å². The van der Waals surface area contributed by atoms with Gasteiger partial charge in [-0.1, -0.05) is 0 Å². The van der Waals surface area contributed by atoms with Gasteiger partial charge in [0, 0.05) is 24.2 Å². The van der Waals surface area contributed by atoms with Crippen LogP contribution >= 0.6 is 0 Å². The highest BCUT2D eigenvalue weighted by molar-refractivity contribution is 5.95. The fraction of sp³-hybridized carbons (Fsp3) is 0.263. The molecule has 0 atom stereocenters. The smallest absolute Gasteiger partial charge is 0.271 e. The summed E-state index contributed by atoms with van der Waals surface area (Å²) < 4.78 is 14.4. The molecule has 1 aliphatic rings. The Morgan fingerprint density at radius 2 is 1.92 bits per heavy atom. The number of phenols is 1. The monoisotopic (exact) mass is 341 g/mol. The molecule has 1 saturated heterocycles. The van der Waals surface area contributed by atoms with E-state index in [0.29, 0.717) is 16.8 Å². The molecule has 0 aromatic heterocycles. The quantitative estimate of drug-likeness (QED) is 0.663. The van der Waals surface area contributed by atoms with Gasteiger partial charge in [-0.3, -0.25) is 4.79 Å². The summed E-state index contributed by atoms with van der Waals surface area (Å²) in [5.41, 5.74) is 4.91. The minimum absolute atomic E-state index is 0.0873. The molecule has 1 aliphatic heterocycles. The number of hydrogen-bond acceptors (Lipinski definition) is 4. The van der Waals surface area contributed by atoms with E-state index in [9.17, 15) is 14.3 Å². The van der Waals surface area contributed by atoms with Gasteiger partial charge >= 0.3 is 0 Å². The summed E-state index contributed by atoms with van der Waals surface area (Å²) in [6.45, 7) is 3.65. The third kappa shape index (κ3) is 3.96. The van der Waals surface area contributed by atoms with Gasteiger partial charge in [-0.25, -0.2) is 9.82 Å². The number of nitrogens with zero attached hydrogens (tertiary/aromatic N) is 2. The second-order valence-corrected chi connectivity index (χ2v) is 6.10. The lowest BCUT2D eigenvalue weighted by Crippen LogP contribution is -2.19. The molecule has 130 valence electrons. The van der Waals surface area contributed by atoms with Crippen molar-refractivity contribution in [2.75, 3.05) is 18.0 Å². The Balaban J connectivity index is 1.69. The second-order valence-electron chi connectivity index (χ2n) is 6.10. The molecule has 1 heterocycles. The van der Waals surface area contributed by atoms with E-state index < -0.39 is 5.91 Å². The summed E-state index contributed by atoms with van der Waals surface area (Å²) in [6, 6.07) is 9.11. The summed E-state index contributed by atoms with van der Waals surface area (Å²) in [7, 11) is 0. The van der Waals surface area contributed by atoms with Crippen LogP contribution in [0, 0.1) is 12.7 Å². The Morgan fingerprint density at radius 1 is 1.24 bits per heavy atom. The number of nitrogens with one attached hydrogen (secondary N) is 1. The maximum absolute atomic E-state index is 14.4. The van der Waals surface area contributed by atoms with E-state index in [-0.39, 0.29) is 11.6 Å². The van der Waals surface area contributed by atoms with Crippen LogP contribution in [-0.2, 0) is 0 Å². The number of benzene rings is 2. The van der Waals surface area contributed by atoms with Gasteiger partial charge in [-0.05, 0) is 61.7 Å². The van der Waals surface area contributed by atoms with Crippen LogP contribution in [0.4, 0.5) is 10.1 Å². The van der Waals surface area contributed by atoms with Crippen molar-refractivity contribution in [3.8, 4) is 5.75 Å². The molecule has 0 aliphatic carbocycles. The van der Waals surface area contributed by atoms with E-state index in [1.165, 1.54) is 36.5 Å². The molecule has 1 amide bonds. The van der Waals surface area contributed by atoms with E-state index >= 15 is 0 Å². The van der Waals surface area contributed by atoms with Crippen molar-refractivity contribution in [3.63, 3.8) is 0 Å². The minimum Gasteiger partial charge on any atom is -0.508 e. The molecule has 5 nitrogen and oxygen atoms in total. The summed E-state index contributed by atoms with van der Waals surface area (Å²) in [6.07, 6.45) is 3.61. The number of carbonyl (C=O) groups excluding carboxylic acids is 1. The van der Waals surface area contributed by atoms with Gasteiger partial charge < -0.3 is 10.0 Å². The Bertz CT molecular complexity index is 797. The zero-order valence-electron chi connectivity index (χ0n) is 14.0. The maximum Gasteiger partial charge on any atom is 0.271 e. The third-order valence-corrected chi connectivity index (χ3v) is 4.28. The zero-order chi connectivity index (χ0) is 17.8. The SMILES string of the molecule is Cc1cc(N2CCCC2)c(F)cc1/C=N\NC(=O)c1ccc(O)cc1. The molecule has 0 spiro atoms. The van der Waals surface area contributed by atoms with Crippen LogP contribution in [0.2, 0.25) is 0 Å². The largest absolute Gasteiger partial charge is 0.508 e. The molecule has 2 aromatic carbocycles. The molecule has 1 fully saturated rings. The van der Waals surface area contributed by atoms with Crippen molar-refractivity contribution in [2.45, 2.75) is 19.8 Å². The lowest BCUT2D eigenvalue weighted by atomic mass is 10.1. The fourth-order valence-electron chi connectivity index (χ4n) is 2.86. The lowest BCUT2D eigenvalue weighted by molar-refractivity contribution is 0.0955. The molecule has 2 aromatic rings. The second kappa shape index (κ2) is 7.34. The average molecular weight is 341 g/mol. The minimum atomic E-state index is -0.400. The van der Waals surface area contributed by atoms with Crippen LogP contribution in [-0.4, -0.2) is 30.3 Å². The summed E-state index contributed by atoms with van der Waals surface area (Å²) in [5, 5.41) is 13.1. The number of phenolic OH excluding ortho intramolecular Hbond substituents is 1. The van der Waals surface area contributed by atoms with Gasteiger partial charge in [0.05, 0.1) is 11.9 Å². The van der Waals surface area contributed by atoms with Gasteiger partial charge in [0.25, 0.3) is 5.91 Å². The molecule has 6 heteroatoms. The highest BCUT2D eigenvalue weighted by Crippen LogP contribution is 2.26. The molecule has 3 rings (SSSR count). The standard InChI is InChI=1S/C19H20FN3O2/c1-13-10-18(23-8-2-3-9-23)17(20)11-15(13)12-21-22-19(25)14-4-6-16(24)7-5-14/h4-7,10-12,24H,2-3,8-9H2,1H3,(H,22,25)/b21-12-. The number of aromatic hydroxyl groups is 1. The Hall–Kier alpha value is -2.89. The number of halogens is 1. The topological polar surface area (TPSA) is 64.9 Å². The lowest BCUT2D eigenvalue weighted by Gasteiger charge is -2.19. The molecular formula is C19H20FN3O2. The van der Waals surface area contributed by atoms with Crippen LogP contribution in [0.1, 0.15) is 34.3 Å². The first-order valence-corrected chi connectivity index (χ1v) is 8.22. The van der Waals surface area contributed by atoms with Gasteiger partial charge in [0.1, 0.15) is 11.6 Å². The van der Waals surface area contributed by atoms with Crippen LogP contribution in [0.25, 0.3) is 0 Å². The van der Waals surface area contributed by atoms with E-state index in [1.54, 1.807) is 0 Å². The summed E-state index contributed by atoms with van der Waals surface area (Å²) in [5.74, 6) is -0.592. The Labute approximate surface area is 145 Å². The van der Waals surface area contributed by atoms with Crippen molar-refractivity contribution in [3.05, 3.63) is 58.9 Å². The number of anilines is 1. The van der Waals surface area contributed by atoms with Crippen LogP contribution < -0.4 is 10.3 Å². The van der Waals surface area contributed by atoms with E-state index in [4.69, 9.17) is 0 Å². The van der Waals surface area contributed by atoms with Crippen molar-refractivity contribution in [1.82, 2.24) is 5.43 Å². The van der Waals surface area contributed by atoms with Crippen molar-refractivity contribution < 1.29 is 14.3 Å². The Morgan fingerprint density at radius 3 is 2.60 bits per heavy atom. The summed E-state index contributed by atoms with van der Waals surface area (Å²) >= 11 is 0. The molecule has 2 N–H and O–H groups in total. The zero-order valence-corrected chi connectivity index (χ0v) is 14.0. The molecule has 25 heavy (non-hydrogen) atoms. The first-order valence-electron chi connectivity index (χ1n) is 8.22. The summed E-state index contributed by atoms with van der Waals surface area (Å²) in [4.78, 5) is 14.0. The van der Waals surface area contributed by atoms with Gasteiger partial charge in [0.2, 0.25) is 0 Å². The molecular weight excluding hydrogens is 321 g/mol. The maximum atomic E-state index is 14.4. The predicted octanol–water partition coefficient (Wildman–Crippen LogP) is 3.20. The van der Waals surface area contributed by atoms with Crippen LogP contribution in [0.3, 0.4) is 0 Å².